The number of amides is 1. The molecular formula is C23H39N3O4S. The second kappa shape index (κ2) is 11.7. The second-order valence-electron chi connectivity index (χ2n) is 8.44. The van der Waals surface area contributed by atoms with Crippen LogP contribution in [0.2, 0.25) is 0 Å². The molecule has 1 fully saturated rings. The predicted molar refractivity (Wildman–Crippen MR) is 126 cm³/mol. The zero-order valence-electron chi connectivity index (χ0n) is 19.8. The first-order chi connectivity index (χ1) is 14.7. The number of anilines is 1. The van der Waals surface area contributed by atoms with Crippen molar-refractivity contribution in [3.63, 3.8) is 0 Å². The number of benzene rings is 1. The number of nitrogens with zero attached hydrogens (tertiary/aromatic N) is 3. The third-order valence-corrected chi connectivity index (χ3v) is 7.08. The van der Waals surface area contributed by atoms with Gasteiger partial charge in [-0.2, -0.15) is 8.42 Å². The Morgan fingerprint density at radius 3 is 2.26 bits per heavy atom. The molecule has 2 rings (SSSR count). The Labute approximate surface area is 188 Å². The summed E-state index contributed by atoms with van der Waals surface area (Å²) in [5.74, 6) is 0.449. The Morgan fingerprint density at radius 2 is 1.71 bits per heavy atom. The van der Waals surface area contributed by atoms with Crippen LogP contribution in [0.4, 0.5) is 5.69 Å². The number of likely N-dealkylation sites (N-methyl/N-ethyl adjacent to an activating group) is 1. The maximum absolute atomic E-state index is 13.2. The zero-order chi connectivity index (χ0) is 23.0. The van der Waals surface area contributed by atoms with Gasteiger partial charge in [0, 0.05) is 56.0 Å². The number of carbonyl (C=O) groups is 1. The molecule has 7 nitrogen and oxygen atoms in total. The standard InChI is InChI=1S/C23H39N3O4S/c1-6-25(7-2)21-14-13-20(22(17-21)30-31(28,29)8-3)18-26(16-15-24(4)5)23(27)19-11-9-10-12-19/h13-14,17,19H,6-12,15-16,18H2,1-5H3. The summed E-state index contributed by atoms with van der Waals surface area (Å²) in [5.41, 5.74) is 1.63. The molecule has 0 aromatic heterocycles. The highest BCUT2D eigenvalue weighted by molar-refractivity contribution is 7.87. The van der Waals surface area contributed by atoms with E-state index in [-0.39, 0.29) is 17.6 Å². The van der Waals surface area contributed by atoms with Gasteiger partial charge in [-0.05, 0) is 53.8 Å². The third-order valence-electron chi connectivity index (χ3n) is 5.94. The molecule has 0 saturated heterocycles. The minimum absolute atomic E-state index is 0.0702. The molecule has 0 unspecified atom stereocenters. The van der Waals surface area contributed by atoms with E-state index < -0.39 is 10.1 Å². The van der Waals surface area contributed by atoms with Gasteiger partial charge in [-0.1, -0.05) is 18.9 Å². The maximum Gasteiger partial charge on any atom is 0.308 e. The van der Waals surface area contributed by atoms with E-state index in [4.69, 9.17) is 4.18 Å². The molecular weight excluding hydrogens is 414 g/mol. The summed E-state index contributed by atoms with van der Waals surface area (Å²) in [6.45, 7) is 9.00. The van der Waals surface area contributed by atoms with Crippen molar-refractivity contribution < 1.29 is 17.4 Å². The van der Waals surface area contributed by atoms with E-state index in [0.29, 0.717) is 18.8 Å². The first kappa shape index (κ1) is 25.5. The third kappa shape index (κ3) is 7.38. The Bertz CT molecular complexity index is 816. The molecule has 1 saturated carbocycles. The van der Waals surface area contributed by atoms with Crippen molar-refractivity contribution in [1.29, 1.82) is 0 Å². The predicted octanol–water partition coefficient (Wildman–Crippen LogP) is 3.34. The van der Waals surface area contributed by atoms with Crippen molar-refractivity contribution in [1.82, 2.24) is 9.80 Å². The van der Waals surface area contributed by atoms with Crippen molar-refractivity contribution in [2.45, 2.75) is 53.0 Å². The number of hydrogen-bond acceptors (Lipinski definition) is 6. The summed E-state index contributed by atoms with van der Waals surface area (Å²) in [6.07, 6.45) is 4.07. The van der Waals surface area contributed by atoms with E-state index >= 15 is 0 Å². The molecule has 1 aliphatic carbocycles. The van der Waals surface area contributed by atoms with Gasteiger partial charge in [0.15, 0.2) is 0 Å². The van der Waals surface area contributed by atoms with Gasteiger partial charge >= 0.3 is 10.1 Å². The van der Waals surface area contributed by atoms with Gasteiger partial charge in [-0.25, -0.2) is 0 Å². The lowest BCUT2D eigenvalue weighted by Gasteiger charge is -2.28. The number of carbonyl (C=O) groups excluding carboxylic acids is 1. The average Bonchev–Trinajstić information content (AvgIpc) is 3.27. The fourth-order valence-electron chi connectivity index (χ4n) is 3.96. The molecule has 1 aromatic rings. The molecule has 0 N–H and O–H groups in total. The summed E-state index contributed by atoms with van der Waals surface area (Å²) >= 11 is 0. The molecule has 0 atom stereocenters. The van der Waals surface area contributed by atoms with E-state index in [1.54, 1.807) is 13.0 Å². The van der Waals surface area contributed by atoms with Crippen molar-refractivity contribution in [2.24, 2.45) is 5.92 Å². The maximum atomic E-state index is 13.2. The van der Waals surface area contributed by atoms with Crippen molar-refractivity contribution in [3.05, 3.63) is 23.8 Å². The molecule has 0 aliphatic heterocycles. The van der Waals surface area contributed by atoms with E-state index in [1.807, 2.05) is 31.1 Å². The molecule has 0 heterocycles. The first-order valence-corrected chi connectivity index (χ1v) is 13.0. The molecule has 1 aromatic carbocycles. The van der Waals surface area contributed by atoms with Gasteiger partial charge in [-0.15, -0.1) is 0 Å². The Balaban J connectivity index is 2.37. The van der Waals surface area contributed by atoms with Gasteiger partial charge in [0.2, 0.25) is 5.91 Å². The summed E-state index contributed by atoms with van der Waals surface area (Å²) in [6, 6.07) is 5.68. The van der Waals surface area contributed by atoms with Gasteiger partial charge in [0.05, 0.1) is 5.75 Å². The molecule has 1 aliphatic rings. The van der Waals surface area contributed by atoms with Crippen molar-refractivity contribution >= 4 is 21.7 Å². The highest BCUT2D eigenvalue weighted by atomic mass is 32.2. The molecule has 0 bridgehead atoms. The highest BCUT2D eigenvalue weighted by Gasteiger charge is 2.28. The lowest BCUT2D eigenvalue weighted by molar-refractivity contribution is -0.136. The summed E-state index contributed by atoms with van der Waals surface area (Å²) in [7, 11) is 0.293. The summed E-state index contributed by atoms with van der Waals surface area (Å²) in [4.78, 5) is 19.3. The quantitative estimate of drug-likeness (QED) is 0.452. The van der Waals surface area contributed by atoms with Crippen LogP contribution in [-0.4, -0.2) is 70.2 Å². The van der Waals surface area contributed by atoms with Gasteiger partial charge in [-0.3, -0.25) is 4.79 Å². The minimum atomic E-state index is -3.68. The first-order valence-electron chi connectivity index (χ1n) is 11.4. The van der Waals surface area contributed by atoms with Crippen LogP contribution < -0.4 is 9.08 Å². The van der Waals surface area contributed by atoms with Crippen molar-refractivity contribution in [3.8, 4) is 5.75 Å². The molecule has 1 amide bonds. The molecule has 0 radical (unpaired) electrons. The van der Waals surface area contributed by atoms with Crippen molar-refractivity contribution in [2.75, 3.05) is 50.9 Å². The molecule has 176 valence electrons. The fourth-order valence-corrected chi connectivity index (χ4v) is 4.50. The smallest absolute Gasteiger partial charge is 0.308 e. The number of rotatable bonds is 12. The van der Waals surface area contributed by atoms with Gasteiger partial charge in [0.25, 0.3) is 0 Å². The zero-order valence-corrected chi connectivity index (χ0v) is 20.6. The Kier molecular flexibility index (Phi) is 9.62. The minimum Gasteiger partial charge on any atom is -0.382 e. The van der Waals surface area contributed by atoms with Gasteiger partial charge < -0.3 is 18.9 Å². The summed E-state index contributed by atoms with van der Waals surface area (Å²) in [5, 5.41) is 0. The topological polar surface area (TPSA) is 70.2 Å². The fraction of sp³-hybridized carbons (Fsp3) is 0.696. The number of hydrogen-bond donors (Lipinski definition) is 0. The average molecular weight is 454 g/mol. The molecule has 8 heteroatoms. The normalized spacial score (nSPS) is 14.8. The van der Waals surface area contributed by atoms with Crippen LogP contribution in [0.1, 0.15) is 52.0 Å². The Hall–Kier alpha value is -1.80. The molecule has 0 spiro atoms. The summed E-state index contributed by atoms with van der Waals surface area (Å²) < 4.78 is 30.0. The second-order valence-corrected chi connectivity index (χ2v) is 10.3. The van der Waals surface area contributed by atoms with Gasteiger partial charge in [0.1, 0.15) is 5.75 Å². The van der Waals surface area contributed by atoms with E-state index in [0.717, 1.165) is 56.6 Å². The van der Waals surface area contributed by atoms with Crippen LogP contribution in [0, 0.1) is 5.92 Å². The Morgan fingerprint density at radius 1 is 1.06 bits per heavy atom. The van der Waals surface area contributed by atoms with Crippen LogP contribution >= 0.6 is 0 Å². The van der Waals surface area contributed by atoms with E-state index in [2.05, 4.69) is 23.6 Å². The van der Waals surface area contributed by atoms with Crippen LogP contribution in [0.5, 0.6) is 5.75 Å². The highest BCUT2D eigenvalue weighted by Crippen LogP contribution is 2.31. The molecule has 31 heavy (non-hydrogen) atoms. The lowest BCUT2D eigenvalue weighted by atomic mass is 10.1. The largest absolute Gasteiger partial charge is 0.382 e. The van der Waals surface area contributed by atoms with Crippen LogP contribution in [0.3, 0.4) is 0 Å². The van der Waals surface area contributed by atoms with Crippen LogP contribution in [0.25, 0.3) is 0 Å². The van der Waals surface area contributed by atoms with E-state index in [1.165, 1.54) is 0 Å². The monoisotopic (exact) mass is 453 g/mol. The lowest BCUT2D eigenvalue weighted by Crippen LogP contribution is -2.39. The van der Waals surface area contributed by atoms with E-state index in [9.17, 15) is 13.2 Å². The van der Waals surface area contributed by atoms with Crippen LogP contribution in [0.15, 0.2) is 18.2 Å². The SMILES string of the molecule is CCN(CC)c1ccc(CN(CCN(C)C)C(=O)C2CCCC2)c(OS(=O)(=O)CC)c1. The van der Waals surface area contributed by atoms with Crippen LogP contribution in [-0.2, 0) is 21.5 Å².